The molecule has 0 amide bonds. The van der Waals surface area contributed by atoms with Crippen molar-refractivity contribution in [2.75, 3.05) is 6.61 Å². The van der Waals surface area contributed by atoms with E-state index in [1.54, 1.807) is 6.08 Å². The van der Waals surface area contributed by atoms with Gasteiger partial charge in [-0.1, -0.05) is 19.4 Å². The summed E-state index contributed by atoms with van der Waals surface area (Å²) >= 11 is 0. The van der Waals surface area contributed by atoms with Crippen LogP contribution >= 0.6 is 0 Å². The summed E-state index contributed by atoms with van der Waals surface area (Å²) in [5.41, 5.74) is -1.44. The highest BCUT2D eigenvalue weighted by atomic mass is 16.6. The van der Waals surface area contributed by atoms with Crippen molar-refractivity contribution in [3.8, 4) is 0 Å². The smallest absolute Gasteiger partial charge is 0.303 e. The monoisotopic (exact) mass is 402 g/mol. The highest BCUT2D eigenvalue weighted by Crippen LogP contribution is 2.67. The summed E-state index contributed by atoms with van der Waals surface area (Å²) in [6.45, 7) is 4.59. The number of carbonyl (C=O) groups excluding carboxylic acids is 4. The third kappa shape index (κ3) is 2.64. The van der Waals surface area contributed by atoms with Gasteiger partial charge in [0, 0.05) is 31.1 Å². The zero-order valence-electron chi connectivity index (χ0n) is 17.5. The number of ether oxygens (including phenoxy) is 1. The van der Waals surface area contributed by atoms with Crippen LogP contribution in [0.15, 0.2) is 11.6 Å². The second-order valence-corrected chi connectivity index (χ2v) is 9.94. The average Bonchev–Trinajstić information content (AvgIpc) is 2.93. The van der Waals surface area contributed by atoms with Crippen LogP contribution in [0.3, 0.4) is 0 Å². The summed E-state index contributed by atoms with van der Waals surface area (Å²) in [7, 11) is 0. The fraction of sp³-hybridized carbons (Fsp3) is 0.739. The van der Waals surface area contributed by atoms with Crippen molar-refractivity contribution in [2.24, 2.45) is 28.6 Å². The molecule has 0 bridgehead atoms. The highest BCUT2D eigenvalue weighted by Gasteiger charge is 2.70. The molecule has 0 aromatic carbocycles. The van der Waals surface area contributed by atoms with E-state index in [1.807, 2.05) is 6.92 Å². The van der Waals surface area contributed by atoms with E-state index in [1.165, 1.54) is 6.92 Å². The van der Waals surface area contributed by atoms with Gasteiger partial charge in [0.05, 0.1) is 0 Å². The van der Waals surface area contributed by atoms with E-state index in [9.17, 15) is 24.3 Å². The molecule has 0 aromatic heterocycles. The molecule has 4 aliphatic rings. The number of carbonyl (C=O) groups is 4. The van der Waals surface area contributed by atoms with Gasteiger partial charge < -0.3 is 9.84 Å². The molecule has 29 heavy (non-hydrogen) atoms. The van der Waals surface area contributed by atoms with Gasteiger partial charge in [0.1, 0.15) is 12.4 Å². The van der Waals surface area contributed by atoms with Gasteiger partial charge in [0.2, 0.25) is 5.78 Å². The molecule has 4 rings (SSSR count). The summed E-state index contributed by atoms with van der Waals surface area (Å²) in [6, 6.07) is 0. The van der Waals surface area contributed by atoms with Gasteiger partial charge in [0.15, 0.2) is 11.4 Å². The standard InChI is InChI=1S/C23H30O6/c1-13(25)29-23(19(28)12-24)9-7-17-16-5-4-14-10-15(26)6-8-21(14,2)20(16)18(27)11-22(17,23)3/h10,16-17,20,24H,4-9,11-12H2,1-3H3. The van der Waals surface area contributed by atoms with Crippen LogP contribution in [-0.4, -0.2) is 40.6 Å². The van der Waals surface area contributed by atoms with Crippen molar-refractivity contribution in [1.82, 2.24) is 0 Å². The normalized spacial score (nSPS) is 43.7. The summed E-state index contributed by atoms with van der Waals surface area (Å²) in [6.07, 6.45) is 5.71. The first-order chi connectivity index (χ1) is 13.6. The zero-order valence-corrected chi connectivity index (χ0v) is 17.5. The average molecular weight is 402 g/mol. The number of hydrogen-bond acceptors (Lipinski definition) is 6. The molecule has 1 N–H and O–H groups in total. The predicted molar refractivity (Wildman–Crippen MR) is 104 cm³/mol. The minimum absolute atomic E-state index is 0.0658. The Labute approximate surface area is 171 Å². The molecule has 6 unspecified atom stereocenters. The lowest BCUT2D eigenvalue weighted by Crippen LogP contribution is -2.62. The number of Topliss-reactive ketones (excluding diaryl/α,β-unsaturated/α-hetero) is 2. The van der Waals surface area contributed by atoms with E-state index in [0.29, 0.717) is 25.7 Å². The number of aliphatic hydroxyl groups is 1. The van der Waals surface area contributed by atoms with Crippen LogP contribution < -0.4 is 0 Å². The Morgan fingerprint density at radius 3 is 2.55 bits per heavy atom. The Morgan fingerprint density at radius 2 is 1.90 bits per heavy atom. The zero-order chi connectivity index (χ0) is 21.2. The van der Waals surface area contributed by atoms with Crippen LogP contribution in [0.4, 0.5) is 0 Å². The predicted octanol–water partition coefficient (Wildman–Crippen LogP) is 2.56. The fourth-order valence-corrected chi connectivity index (χ4v) is 7.43. The van der Waals surface area contributed by atoms with Gasteiger partial charge in [-0.2, -0.15) is 0 Å². The first kappa shape index (κ1) is 20.5. The van der Waals surface area contributed by atoms with Crippen molar-refractivity contribution in [2.45, 2.75) is 71.3 Å². The maximum absolute atomic E-state index is 13.6. The first-order valence-corrected chi connectivity index (χ1v) is 10.7. The molecule has 158 valence electrons. The van der Waals surface area contributed by atoms with Crippen molar-refractivity contribution in [1.29, 1.82) is 0 Å². The first-order valence-electron chi connectivity index (χ1n) is 10.7. The lowest BCUT2D eigenvalue weighted by molar-refractivity contribution is -0.190. The summed E-state index contributed by atoms with van der Waals surface area (Å²) < 4.78 is 5.64. The number of ketones is 3. The van der Waals surface area contributed by atoms with E-state index in [4.69, 9.17) is 4.74 Å². The van der Waals surface area contributed by atoms with Crippen LogP contribution in [0.25, 0.3) is 0 Å². The van der Waals surface area contributed by atoms with Crippen molar-refractivity contribution >= 4 is 23.3 Å². The minimum atomic E-state index is -1.43. The van der Waals surface area contributed by atoms with Crippen molar-refractivity contribution < 1.29 is 29.0 Å². The fourth-order valence-electron chi connectivity index (χ4n) is 7.43. The number of aliphatic hydroxyl groups excluding tert-OH is 1. The Morgan fingerprint density at radius 1 is 1.17 bits per heavy atom. The van der Waals surface area contributed by atoms with E-state index in [-0.39, 0.29) is 41.2 Å². The van der Waals surface area contributed by atoms with Crippen LogP contribution in [0, 0.1) is 28.6 Å². The molecule has 6 atom stereocenters. The molecule has 0 spiro atoms. The van der Waals surface area contributed by atoms with Gasteiger partial charge in [-0.25, -0.2) is 0 Å². The van der Waals surface area contributed by atoms with E-state index in [0.717, 1.165) is 18.4 Å². The van der Waals surface area contributed by atoms with Crippen LogP contribution in [0.1, 0.15) is 65.7 Å². The molecule has 0 saturated heterocycles. The summed E-state index contributed by atoms with van der Waals surface area (Å²) in [5, 5.41) is 9.63. The maximum atomic E-state index is 13.6. The number of esters is 1. The second-order valence-electron chi connectivity index (χ2n) is 9.94. The van der Waals surface area contributed by atoms with Crippen molar-refractivity contribution in [3.63, 3.8) is 0 Å². The van der Waals surface area contributed by atoms with Crippen LogP contribution in [0.2, 0.25) is 0 Å². The van der Waals surface area contributed by atoms with Crippen LogP contribution in [0.5, 0.6) is 0 Å². The topological polar surface area (TPSA) is 97.7 Å². The quantitative estimate of drug-likeness (QED) is 0.729. The van der Waals surface area contributed by atoms with Gasteiger partial charge >= 0.3 is 5.97 Å². The summed E-state index contributed by atoms with van der Waals surface area (Å²) in [4.78, 5) is 50.3. The van der Waals surface area contributed by atoms with E-state index in [2.05, 4.69) is 6.92 Å². The summed E-state index contributed by atoms with van der Waals surface area (Å²) in [5.74, 6) is -0.819. The number of hydrogen-bond donors (Lipinski definition) is 1. The largest absolute Gasteiger partial charge is 0.451 e. The molecule has 0 aromatic rings. The van der Waals surface area contributed by atoms with E-state index < -0.39 is 29.4 Å². The Balaban J connectivity index is 1.77. The molecular weight excluding hydrogens is 372 g/mol. The minimum Gasteiger partial charge on any atom is -0.451 e. The Hall–Kier alpha value is -1.82. The molecule has 0 aliphatic heterocycles. The SMILES string of the molecule is CC(=O)OC1(C(=O)CO)CCC2C3CCC4=CC(=O)CCC4(C)C3C(=O)CC21C. The lowest BCUT2D eigenvalue weighted by Gasteiger charge is -2.58. The molecule has 4 aliphatic carbocycles. The Bertz CT molecular complexity index is 827. The Kier molecular flexibility index (Phi) is 4.65. The third-order valence-electron chi connectivity index (χ3n) is 8.69. The molecule has 0 heterocycles. The van der Waals surface area contributed by atoms with Crippen molar-refractivity contribution in [3.05, 3.63) is 11.6 Å². The molecule has 3 saturated carbocycles. The third-order valence-corrected chi connectivity index (χ3v) is 8.69. The van der Waals surface area contributed by atoms with Gasteiger partial charge in [-0.3, -0.25) is 19.2 Å². The maximum Gasteiger partial charge on any atom is 0.303 e. The lowest BCUT2D eigenvalue weighted by atomic mass is 9.46. The molecular formula is C23H30O6. The number of fused-ring (bicyclic) bond motifs is 5. The van der Waals surface area contributed by atoms with Gasteiger partial charge in [-0.15, -0.1) is 0 Å². The van der Waals surface area contributed by atoms with Gasteiger partial charge in [0.25, 0.3) is 0 Å². The molecule has 6 nitrogen and oxygen atoms in total. The second kappa shape index (κ2) is 6.59. The number of allylic oxidation sites excluding steroid dienone is 1. The van der Waals surface area contributed by atoms with E-state index >= 15 is 0 Å². The molecule has 3 fully saturated rings. The molecule has 6 heteroatoms. The highest BCUT2D eigenvalue weighted by molar-refractivity contribution is 5.95. The van der Waals surface area contributed by atoms with Crippen LogP contribution in [-0.2, 0) is 23.9 Å². The number of rotatable bonds is 3. The molecule has 0 radical (unpaired) electrons. The van der Waals surface area contributed by atoms with Gasteiger partial charge in [-0.05, 0) is 55.4 Å².